The van der Waals surface area contributed by atoms with E-state index in [9.17, 15) is 0 Å². The Bertz CT molecular complexity index is 63.0. The molecule has 0 fully saturated rings. The molecule has 0 N–H and O–H groups in total. The molecule has 0 nitrogen and oxygen atoms in total. The number of hydrogen-bond acceptors (Lipinski definition) is 0. The van der Waals surface area contributed by atoms with Crippen molar-refractivity contribution in [3.05, 3.63) is 0 Å². The van der Waals surface area contributed by atoms with Crippen LogP contribution in [0.3, 0.4) is 0 Å². The van der Waals surface area contributed by atoms with Crippen LogP contribution in [0, 0.1) is 0 Å². The molecular formula is C3H4Bi2. The average molecular weight is 458 g/mol. The normalized spacial score (nSPS) is 17.6. The summed E-state index contributed by atoms with van der Waals surface area (Å²) in [5, 5.41) is 0. The molecule has 0 amide bonds. The van der Waals surface area contributed by atoms with E-state index in [2.05, 4.69) is 5.13 Å². The first-order valence-corrected chi connectivity index (χ1v) is 9.98. The molecule has 0 radical (unpaired) electrons. The van der Waals surface area contributed by atoms with Crippen LogP contribution in [0.15, 0.2) is 0 Å². The zero-order valence-electron chi connectivity index (χ0n) is 2.76. The van der Waals surface area contributed by atoms with Crippen molar-refractivity contribution in [2.24, 2.45) is 0 Å². The molecule has 0 aliphatic carbocycles. The van der Waals surface area contributed by atoms with Crippen LogP contribution in [0.25, 0.3) is 0 Å². The Labute approximate surface area is 54.0 Å². The maximum absolute atomic E-state index is 2.67. The van der Waals surface area contributed by atoms with Crippen LogP contribution in [0.1, 0.15) is 0 Å². The molecule has 0 aromatic heterocycles. The second-order valence-corrected chi connectivity index (χ2v) is 15.0. The summed E-state index contributed by atoms with van der Waals surface area (Å²) in [5.74, 6) is 0. The third-order valence-corrected chi connectivity index (χ3v) is 19.6. The molecule has 26 valence electrons. The van der Waals surface area contributed by atoms with Gasteiger partial charge in [0, 0.05) is 0 Å². The molecule has 0 spiro atoms. The molecule has 0 saturated heterocycles. The molecule has 0 atom stereocenters. The number of hydrogen-bond donors (Lipinski definition) is 0. The Hall–Kier alpha value is 1.51. The maximum atomic E-state index is 2.67. The molecular weight excluding hydrogens is 454 g/mol. The van der Waals surface area contributed by atoms with Crippen LogP contribution in [-0.2, 0) is 0 Å². The van der Waals surface area contributed by atoms with Gasteiger partial charge in [-0.1, -0.05) is 0 Å². The van der Waals surface area contributed by atoms with Crippen molar-refractivity contribution in [3.63, 3.8) is 0 Å². The van der Waals surface area contributed by atoms with Gasteiger partial charge in [0.1, 0.15) is 0 Å². The van der Waals surface area contributed by atoms with E-state index in [4.69, 9.17) is 0 Å². The SMILES string of the molecule is [CH]1=[Bi][CH]=[Bi][CH2]1. The second kappa shape index (κ2) is 2.64. The van der Waals surface area contributed by atoms with E-state index in [1.165, 1.54) is 0 Å². The summed E-state index contributed by atoms with van der Waals surface area (Å²) in [5.41, 5.74) is 0. The first kappa shape index (κ1) is 4.66. The van der Waals surface area contributed by atoms with Gasteiger partial charge in [0.2, 0.25) is 0 Å². The predicted molar refractivity (Wildman–Crippen MR) is 28.4 cm³/mol. The summed E-state index contributed by atoms with van der Waals surface area (Å²) in [7, 11) is 0. The molecule has 1 rings (SSSR count). The van der Waals surface area contributed by atoms with E-state index in [0.717, 1.165) is 0 Å². The van der Waals surface area contributed by atoms with Crippen LogP contribution < -0.4 is 0 Å². The van der Waals surface area contributed by atoms with Crippen molar-refractivity contribution in [2.75, 3.05) is 0 Å². The molecule has 5 heavy (non-hydrogen) atoms. The van der Waals surface area contributed by atoms with Gasteiger partial charge in [0.05, 0.1) is 0 Å². The topological polar surface area (TPSA) is 0 Å². The van der Waals surface area contributed by atoms with Crippen LogP contribution >= 0.6 is 0 Å². The van der Waals surface area contributed by atoms with Crippen LogP contribution in [-0.4, -0.2) is 50.6 Å². The fourth-order valence-electron chi connectivity index (χ4n) is 0.236. The van der Waals surface area contributed by atoms with Crippen LogP contribution in [0.4, 0.5) is 0 Å². The number of rotatable bonds is 0. The van der Waals surface area contributed by atoms with E-state index in [1.54, 1.807) is 4.13 Å². The Morgan fingerprint density at radius 2 is 2.60 bits per heavy atom. The van der Waals surface area contributed by atoms with Gasteiger partial charge in [-0.05, 0) is 0 Å². The summed E-state index contributed by atoms with van der Waals surface area (Å²) in [6, 6.07) is 0. The first-order chi connectivity index (χ1) is 2.50. The van der Waals surface area contributed by atoms with Gasteiger partial charge in [0.15, 0.2) is 0 Å². The Morgan fingerprint density at radius 3 is 2.80 bits per heavy atom. The third kappa shape index (κ3) is 1.60. The van der Waals surface area contributed by atoms with Crippen molar-refractivity contribution in [1.82, 2.24) is 0 Å². The van der Waals surface area contributed by atoms with E-state index < -0.39 is 0 Å². The molecule has 0 aromatic rings. The summed E-state index contributed by atoms with van der Waals surface area (Å²) in [6.45, 7) is 0. The Balaban J connectivity index is 2.61. The molecule has 1 aliphatic heterocycles. The monoisotopic (exact) mass is 458 g/mol. The zero-order chi connectivity index (χ0) is 3.54. The van der Waals surface area contributed by atoms with Gasteiger partial charge >= 0.3 is 54.8 Å². The minimum absolute atomic E-state index is 0.0864. The van der Waals surface area contributed by atoms with E-state index >= 15 is 0 Å². The Kier molecular flexibility index (Phi) is 2.46. The fraction of sp³-hybridized carbons (Fsp3) is 0.333. The van der Waals surface area contributed by atoms with Gasteiger partial charge in [-0.15, -0.1) is 0 Å². The third-order valence-electron chi connectivity index (χ3n) is 0.441. The zero-order valence-corrected chi connectivity index (χ0v) is 9.71. The first-order valence-electron chi connectivity index (χ1n) is 1.50. The summed E-state index contributed by atoms with van der Waals surface area (Å²) >= 11 is 0.242. The van der Waals surface area contributed by atoms with Gasteiger partial charge in [-0.2, -0.15) is 0 Å². The van der Waals surface area contributed by atoms with Crippen LogP contribution in [0.5, 0.6) is 0 Å². The molecule has 1 heterocycles. The van der Waals surface area contributed by atoms with Crippen LogP contribution in [0.2, 0.25) is 4.13 Å². The summed E-state index contributed by atoms with van der Waals surface area (Å²) in [6.07, 6.45) is 0. The van der Waals surface area contributed by atoms with Gasteiger partial charge in [-0.25, -0.2) is 0 Å². The standard InChI is InChI=1S/C2H3.CH.2Bi/c1-2;;;/h1H,2H2;1H;;. The van der Waals surface area contributed by atoms with E-state index in [0.29, 0.717) is 0 Å². The molecule has 1 aliphatic rings. The molecule has 0 bridgehead atoms. The van der Waals surface area contributed by atoms with Crippen molar-refractivity contribution >= 4 is 50.6 Å². The van der Waals surface area contributed by atoms with Gasteiger partial charge in [-0.3, -0.25) is 0 Å². The van der Waals surface area contributed by atoms with Crippen molar-refractivity contribution in [3.8, 4) is 0 Å². The minimum atomic E-state index is 0.0864. The van der Waals surface area contributed by atoms with Gasteiger partial charge < -0.3 is 0 Å². The quantitative estimate of drug-likeness (QED) is 0.426. The van der Waals surface area contributed by atoms with Crippen molar-refractivity contribution in [2.45, 2.75) is 4.13 Å². The van der Waals surface area contributed by atoms with E-state index in [-0.39, 0.29) is 45.5 Å². The Morgan fingerprint density at radius 1 is 1.60 bits per heavy atom. The van der Waals surface area contributed by atoms with Crippen molar-refractivity contribution < 1.29 is 0 Å². The average Bonchev–Trinajstić information content (AvgIpc) is 1.76. The van der Waals surface area contributed by atoms with E-state index in [1.807, 2.05) is 0 Å². The molecule has 2 heteroatoms. The summed E-state index contributed by atoms with van der Waals surface area (Å²) < 4.78 is 6.81. The predicted octanol–water partition coefficient (Wildman–Crippen LogP) is -0.611. The second-order valence-electron chi connectivity index (χ2n) is 0.812. The molecule has 0 unspecified atom stereocenters. The van der Waals surface area contributed by atoms with Crippen molar-refractivity contribution in [1.29, 1.82) is 0 Å². The van der Waals surface area contributed by atoms with Gasteiger partial charge in [0.25, 0.3) is 0 Å². The summed E-state index contributed by atoms with van der Waals surface area (Å²) in [4.78, 5) is 0. The molecule has 0 aromatic carbocycles. The fourth-order valence-corrected chi connectivity index (χ4v) is 18.1. The molecule has 0 saturated carbocycles.